The minimum Gasteiger partial charge on any atom is -0.465 e. The van der Waals surface area contributed by atoms with E-state index in [1.165, 1.54) is 6.92 Å². The lowest BCUT2D eigenvalue weighted by Crippen LogP contribution is -2.41. The molecule has 30 heavy (non-hydrogen) atoms. The maximum atomic E-state index is 12.4. The number of carbonyl (C=O) groups excluding carboxylic acids is 2. The van der Waals surface area contributed by atoms with Gasteiger partial charge in [-0.2, -0.15) is 0 Å². The molecule has 156 valence electrons. The Morgan fingerprint density at radius 3 is 2.03 bits per heavy atom. The molecular formula is C22H23N3O5. The summed E-state index contributed by atoms with van der Waals surface area (Å²) in [5.74, 6) is -0.927. The molecule has 0 spiro atoms. The van der Waals surface area contributed by atoms with Crippen LogP contribution >= 0.6 is 0 Å². The molecule has 0 radical (unpaired) electrons. The number of nitrogens with one attached hydrogen (secondary N) is 1. The van der Waals surface area contributed by atoms with Gasteiger partial charge in [-0.25, -0.2) is 14.5 Å². The van der Waals surface area contributed by atoms with Crippen LogP contribution in [-0.2, 0) is 4.79 Å². The summed E-state index contributed by atoms with van der Waals surface area (Å²) in [6.07, 6.45) is 0.244. The van der Waals surface area contributed by atoms with Gasteiger partial charge < -0.3 is 15.6 Å². The highest BCUT2D eigenvalue weighted by molar-refractivity contribution is 6.04. The quantitative estimate of drug-likeness (QED) is 0.220. The summed E-state index contributed by atoms with van der Waals surface area (Å²) in [6.45, 7) is 4.77. The summed E-state index contributed by atoms with van der Waals surface area (Å²) in [5.41, 5.74) is 7.11. The minimum absolute atomic E-state index is 0.0786. The lowest BCUT2D eigenvalue weighted by atomic mass is 10.1. The zero-order valence-corrected chi connectivity index (χ0v) is 16.9. The molecule has 2 aromatic rings. The molecule has 4 N–H and O–H groups in total. The molecule has 2 amide bonds. The maximum absolute atomic E-state index is 12.4. The first-order chi connectivity index (χ1) is 14.1. The van der Waals surface area contributed by atoms with Gasteiger partial charge in [0.25, 0.3) is 5.91 Å². The number of nitrogens with zero attached hydrogens (tertiary/aromatic N) is 1. The van der Waals surface area contributed by atoms with Gasteiger partial charge in [0.1, 0.15) is 11.6 Å². The molecule has 0 heterocycles. The van der Waals surface area contributed by atoms with E-state index >= 15 is 0 Å². The number of carbonyl (C=O) groups is 3. The van der Waals surface area contributed by atoms with Crippen molar-refractivity contribution in [2.45, 2.75) is 26.8 Å². The van der Waals surface area contributed by atoms with Gasteiger partial charge in [-0.1, -0.05) is 12.1 Å². The van der Waals surface area contributed by atoms with Gasteiger partial charge in [0.2, 0.25) is 0 Å². The molecule has 8 nitrogen and oxygen atoms in total. The zero-order chi connectivity index (χ0) is 22.4. The minimum atomic E-state index is -1.31. The van der Waals surface area contributed by atoms with Gasteiger partial charge in [0.05, 0.1) is 5.56 Å². The summed E-state index contributed by atoms with van der Waals surface area (Å²) in [5, 5.41) is 16.6. The molecular weight excluding hydrogens is 386 g/mol. The number of imide groups is 1. The van der Waals surface area contributed by atoms with Crippen molar-refractivity contribution in [3.05, 3.63) is 70.8 Å². The van der Waals surface area contributed by atoms with E-state index in [0.29, 0.717) is 22.4 Å². The Balaban J connectivity index is 2.10. The molecule has 0 fully saturated rings. The fourth-order valence-corrected chi connectivity index (χ4v) is 2.63. The molecule has 2 aromatic carbocycles. The van der Waals surface area contributed by atoms with Crippen molar-refractivity contribution in [3.63, 3.8) is 0 Å². The second-order valence-corrected chi connectivity index (χ2v) is 6.83. The lowest BCUT2D eigenvalue weighted by Gasteiger charge is -2.21. The van der Waals surface area contributed by atoms with Crippen molar-refractivity contribution in [3.8, 4) is 5.75 Å². The van der Waals surface area contributed by atoms with E-state index in [2.05, 4.69) is 0 Å². The topological polar surface area (TPSA) is 134 Å². The van der Waals surface area contributed by atoms with Crippen LogP contribution in [0.15, 0.2) is 54.1 Å². The Hall–Kier alpha value is -3.94. The van der Waals surface area contributed by atoms with Crippen molar-refractivity contribution < 1.29 is 24.2 Å². The van der Waals surface area contributed by atoms with E-state index < -0.39 is 24.0 Å². The van der Waals surface area contributed by atoms with E-state index in [9.17, 15) is 19.5 Å². The molecule has 0 aromatic heterocycles. The Morgan fingerprint density at radius 2 is 1.57 bits per heavy atom. The van der Waals surface area contributed by atoms with Crippen LogP contribution in [0.4, 0.5) is 4.79 Å². The van der Waals surface area contributed by atoms with E-state index in [-0.39, 0.29) is 11.4 Å². The third-order valence-electron chi connectivity index (χ3n) is 4.18. The summed E-state index contributed by atoms with van der Waals surface area (Å²) < 4.78 is 5.29. The van der Waals surface area contributed by atoms with E-state index in [1.807, 2.05) is 0 Å². The lowest BCUT2D eigenvalue weighted by molar-refractivity contribution is -0.126. The van der Waals surface area contributed by atoms with Crippen molar-refractivity contribution >= 4 is 29.9 Å². The van der Waals surface area contributed by atoms with Gasteiger partial charge in [0.15, 0.2) is 0 Å². The van der Waals surface area contributed by atoms with Crippen molar-refractivity contribution in [1.82, 2.24) is 4.90 Å². The third kappa shape index (κ3) is 5.54. The molecule has 0 aliphatic heterocycles. The average molecular weight is 409 g/mol. The Morgan fingerprint density at radius 1 is 1.03 bits per heavy atom. The molecule has 0 saturated carbocycles. The molecule has 0 bridgehead atoms. The van der Waals surface area contributed by atoms with Crippen molar-refractivity contribution in [2.75, 3.05) is 0 Å². The number of carboxylic acid groups (broad SMARTS) is 1. The number of hydrogen-bond acceptors (Lipinski definition) is 5. The molecule has 2 rings (SSSR count). The largest absolute Gasteiger partial charge is 0.465 e. The first-order valence-electron chi connectivity index (χ1n) is 9.11. The highest BCUT2D eigenvalue weighted by Gasteiger charge is 2.24. The molecule has 0 unspecified atom stereocenters. The number of ether oxygens (including phenoxy) is 1. The van der Waals surface area contributed by atoms with Gasteiger partial charge in [-0.15, -0.1) is 0 Å². The molecule has 8 heteroatoms. The van der Waals surface area contributed by atoms with E-state index in [0.717, 1.165) is 4.90 Å². The van der Waals surface area contributed by atoms with E-state index in [4.69, 9.17) is 15.9 Å². The Labute approximate surface area is 174 Å². The number of esters is 1. The number of nitrogen functional groups attached to an aromatic ring is 1. The fourth-order valence-electron chi connectivity index (χ4n) is 2.63. The van der Waals surface area contributed by atoms with Gasteiger partial charge in [-0.3, -0.25) is 10.2 Å². The smallest absolute Gasteiger partial charge is 0.414 e. The third-order valence-corrected chi connectivity index (χ3v) is 4.18. The van der Waals surface area contributed by atoms with Crippen molar-refractivity contribution in [2.24, 2.45) is 5.73 Å². The van der Waals surface area contributed by atoms with E-state index in [1.54, 1.807) is 68.5 Å². The number of amides is 2. The standard InChI is InChI=1S/C22H23N3O5/c1-13(2)25(22(28)29)20(26)14(3)12-15-4-6-17(7-5-15)21(27)30-18-10-8-16(9-11-18)19(23)24/h4-13H,1-3H3,(H3,23,24)(H,28,29). The van der Waals surface area contributed by atoms with Crippen molar-refractivity contribution in [1.29, 1.82) is 5.41 Å². The first-order valence-corrected chi connectivity index (χ1v) is 9.11. The second kappa shape index (κ2) is 9.51. The number of nitrogens with two attached hydrogens (primary N) is 1. The predicted octanol–water partition coefficient (Wildman–Crippen LogP) is 3.51. The van der Waals surface area contributed by atoms with Crippen LogP contribution in [0, 0.1) is 5.41 Å². The number of rotatable bonds is 6. The number of hydrogen-bond donors (Lipinski definition) is 3. The number of amidine groups is 1. The average Bonchev–Trinajstić information content (AvgIpc) is 2.68. The van der Waals surface area contributed by atoms with Crippen LogP contribution in [-0.4, -0.2) is 39.9 Å². The van der Waals surface area contributed by atoms with Crippen LogP contribution in [0.1, 0.15) is 42.3 Å². The fraction of sp³-hybridized carbons (Fsp3) is 0.182. The van der Waals surface area contributed by atoms with Crippen LogP contribution in [0.5, 0.6) is 5.75 Å². The summed E-state index contributed by atoms with van der Waals surface area (Å²) in [6, 6.07) is 12.1. The highest BCUT2D eigenvalue weighted by atomic mass is 16.5. The molecule has 0 saturated heterocycles. The SMILES string of the molecule is CC(=Cc1ccc(C(=O)Oc2ccc(C(=N)N)cc2)cc1)C(=O)N(C(=O)O)C(C)C. The maximum Gasteiger partial charge on any atom is 0.414 e. The summed E-state index contributed by atoms with van der Waals surface area (Å²) in [7, 11) is 0. The Kier molecular flexibility index (Phi) is 7.08. The van der Waals surface area contributed by atoms with Gasteiger partial charge in [-0.05, 0) is 68.8 Å². The molecule has 0 aliphatic rings. The van der Waals surface area contributed by atoms with Gasteiger partial charge in [0, 0.05) is 17.2 Å². The second-order valence-electron chi connectivity index (χ2n) is 6.83. The predicted molar refractivity (Wildman–Crippen MR) is 113 cm³/mol. The highest BCUT2D eigenvalue weighted by Crippen LogP contribution is 2.16. The molecule has 0 atom stereocenters. The van der Waals surface area contributed by atoms with Crippen LogP contribution in [0.3, 0.4) is 0 Å². The van der Waals surface area contributed by atoms with Crippen LogP contribution in [0.2, 0.25) is 0 Å². The summed E-state index contributed by atoms with van der Waals surface area (Å²) >= 11 is 0. The number of benzene rings is 2. The van der Waals surface area contributed by atoms with Gasteiger partial charge >= 0.3 is 12.1 Å². The van der Waals surface area contributed by atoms with Crippen LogP contribution < -0.4 is 10.5 Å². The summed E-state index contributed by atoms with van der Waals surface area (Å²) in [4.78, 5) is 36.7. The first kappa shape index (κ1) is 22.4. The monoisotopic (exact) mass is 409 g/mol. The normalized spacial score (nSPS) is 11.1. The zero-order valence-electron chi connectivity index (χ0n) is 16.9. The van der Waals surface area contributed by atoms with Crippen LogP contribution in [0.25, 0.3) is 6.08 Å². The molecule has 0 aliphatic carbocycles. The Bertz CT molecular complexity index is 992.